The monoisotopic (exact) mass is 245 g/mol. The van der Waals surface area contributed by atoms with Gasteiger partial charge in [0, 0.05) is 12.2 Å². The first-order valence-electron chi connectivity index (χ1n) is 7.37. The predicted octanol–water partition coefficient (Wildman–Crippen LogP) is 3.61. The van der Waals surface area contributed by atoms with E-state index < -0.39 is 0 Å². The summed E-state index contributed by atoms with van der Waals surface area (Å²) in [6.07, 6.45) is 8.39. The van der Waals surface area contributed by atoms with Gasteiger partial charge in [0.15, 0.2) is 0 Å². The van der Waals surface area contributed by atoms with Crippen molar-refractivity contribution in [2.75, 3.05) is 18.1 Å². The van der Waals surface area contributed by atoms with Gasteiger partial charge in [-0.25, -0.2) is 0 Å². The van der Waals surface area contributed by atoms with Gasteiger partial charge in [-0.05, 0) is 37.8 Å². The Hall–Kier alpha value is -1.02. The summed E-state index contributed by atoms with van der Waals surface area (Å²) in [5.41, 5.74) is 1.36. The molecule has 3 rings (SSSR count). The molecule has 2 heteroatoms. The average Bonchev–Trinajstić information content (AvgIpc) is 3.09. The minimum Gasteiger partial charge on any atom is -0.376 e. The molecule has 2 fully saturated rings. The van der Waals surface area contributed by atoms with Crippen LogP contribution in [-0.2, 0) is 4.74 Å². The molecule has 98 valence electrons. The van der Waals surface area contributed by atoms with Gasteiger partial charge in [-0.1, -0.05) is 31.0 Å². The number of hydrogen-bond acceptors (Lipinski definition) is 2. The SMILES string of the molecule is c1ccc(N2CCCC2COC2CCCC2)cc1. The summed E-state index contributed by atoms with van der Waals surface area (Å²) in [6.45, 7) is 2.10. The van der Waals surface area contributed by atoms with Crippen LogP contribution in [0.2, 0.25) is 0 Å². The highest BCUT2D eigenvalue weighted by atomic mass is 16.5. The van der Waals surface area contributed by atoms with Gasteiger partial charge >= 0.3 is 0 Å². The van der Waals surface area contributed by atoms with Gasteiger partial charge in [0.25, 0.3) is 0 Å². The molecule has 0 spiro atoms. The molecule has 1 aliphatic carbocycles. The lowest BCUT2D eigenvalue weighted by Gasteiger charge is -2.27. The van der Waals surface area contributed by atoms with Crippen LogP contribution in [0.25, 0.3) is 0 Å². The Balaban J connectivity index is 1.57. The Bertz CT molecular complexity index is 359. The molecule has 1 aromatic carbocycles. The Morgan fingerprint density at radius 2 is 1.78 bits per heavy atom. The zero-order chi connectivity index (χ0) is 12.2. The van der Waals surface area contributed by atoms with E-state index in [9.17, 15) is 0 Å². The normalized spacial score (nSPS) is 24.9. The number of para-hydroxylation sites is 1. The summed E-state index contributed by atoms with van der Waals surface area (Å²) in [6, 6.07) is 11.4. The third kappa shape index (κ3) is 2.69. The van der Waals surface area contributed by atoms with Crippen molar-refractivity contribution < 1.29 is 4.74 Å². The summed E-state index contributed by atoms with van der Waals surface area (Å²) in [4.78, 5) is 2.52. The maximum atomic E-state index is 6.10. The second-order valence-corrected chi connectivity index (χ2v) is 5.56. The maximum absolute atomic E-state index is 6.10. The van der Waals surface area contributed by atoms with Crippen molar-refractivity contribution in [3.63, 3.8) is 0 Å². The molecule has 1 saturated heterocycles. The van der Waals surface area contributed by atoms with Crippen LogP contribution in [0.15, 0.2) is 30.3 Å². The second kappa shape index (κ2) is 5.75. The van der Waals surface area contributed by atoms with Crippen molar-refractivity contribution in [2.24, 2.45) is 0 Å². The van der Waals surface area contributed by atoms with E-state index in [1.165, 1.54) is 50.8 Å². The topological polar surface area (TPSA) is 12.5 Å². The first-order chi connectivity index (χ1) is 8.93. The minimum atomic E-state index is 0.545. The lowest BCUT2D eigenvalue weighted by atomic mass is 10.2. The van der Waals surface area contributed by atoms with Gasteiger partial charge in [-0.3, -0.25) is 0 Å². The smallest absolute Gasteiger partial charge is 0.0673 e. The van der Waals surface area contributed by atoms with E-state index in [1.807, 2.05) is 0 Å². The molecule has 0 aromatic heterocycles. The number of ether oxygens (including phenoxy) is 1. The quantitative estimate of drug-likeness (QED) is 0.803. The predicted molar refractivity (Wildman–Crippen MR) is 75.0 cm³/mol. The van der Waals surface area contributed by atoms with Crippen molar-refractivity contribution in [1.29, 1.82) is 0 Å². The lowest BCUT2D eigenvalue weighted by Crippen LogP contribution is -2.34. The van der Waals surface area contributed by atoms with Crippen molar-refractivity contribution in [2.45, 2.75) is 50.7 Å². The van der Waals surface area contributed by atoms with Crippen molar-refractivity contribution in [3.8, 4) is 0 Å². The Morgan fingerprint density at radius 3 is 2.56 bits per heavy atom. The molecule has 1 aromatic rings. The van der Waals surface area contributed by atoms with Crippen LogP contribution in [0.5, 0.6) is 0 Å². The molecule has 1 aliphatic heterocycles. The molecule has 0 bridgehead atoms. The van der Waals surface area contributed by atoms with E-state index in [4.69, 9.17) is 4.74 Å². The van der Waals surface area contributed by atoms with E-state index in [0.29, 0.717) is 12.1 Å². The van der Waals surface area contributed by atoms with Crippen LogP contribution in [0.1, 0.15) is 38.5 Å². The molecular weight excluding hydrogens is 222 g/mol. The summed E-state index contributed by atoms with van der Waals surface area (Å²) in [5, 5.41) is 0. The van der Waals surface area contributed by atoms with E-state index in [-0.39, 0.29) is 0 Å². The average molecular weight is 245 g/mol. The van der Waals surface area contributed by atoms with Gasteiger partial charge in [-0.2, -0.15) is 0 Å². The number of benzene rings is 1. The Kier molecular flexibility index (Phi) is 3.84. The zero-order valence-electron chi connectivity index (χ0n) is 11.1. The Labute approximate surface area is 110 Å². The molecule has 2 aliphatic rings. The standard InChI is InChI=1S/C16H23NO/c1-2-7-14(8-3-1)17-12-6-9-15(17)13-18-16-10-4-5-11-16/h1-3,7-8,15-16H,4-6,9-13H2. The summed E-state index contributed by atoms with van der Waals surface area (Å²) in [7, 11) is 0. The molecule has 1 atom stereocenters. The molecule has 2 nitrogen and oxygen atoms in total. The van der Waals surface area contributed by atoms with Crippen molar-refractivity contribution in [1.82, 2.24) is 0 Å². The molecule has 0 N–H and O–H groups in total. The van der Waals surface area contributed by atoms with E-state index in [2.05, 4.69) is 35.2 Å². The summed E-state index contributed by atoms with van der Waals surface area (Å²) >= 11 is 0. The highest BCUT2D eigenvalue weighted by Crippen LogP contribution is 2.27. The van der Waals surface area contributed by atoms with E-state index >= 15 is 0 Å². The van der Waals surface area contributed by atoms with Gasteiger partial charge in [0.2, 0.25) is 0 Å². The van der Waals surface area contributed by atoms with Gasteiger partial charge in [0.05, 0.1) is 18.8 Å². The fourth-order valence-electron chi connectivity index (χ4n) is 3.27. The molecule has 18 heavy (non-hydrogen) atoms. The van der Waals surface area contributed by atoms with Crippen LogP contribution in [0.4, 0.5) is 5.69 Å². The van der Waals surface area contributed by atoms with Crippen LogP contribution in [0, 0.1) is 0 Å². The van der Waals surface area contributed by atoms with Crippen molar-refractivity contribution >= 4 is 5.69 Å². The van der Waals surface area contributed by atoms with Gasteiger partial charge < -0.3 is 9.64 Å². The number of rotatable bonds is 4. The van der Waals surface area contributed by atoms with Gasteiger partial charge in [-0.15, -0.1) is 0 Å². The number of anilines is 1. The zero-order valence-corrected chi connectivity index (χ0v) is 11.1. The molecule has 1 saturated carbocycles. The second-order valence-electron chi connectivity index (χ2n) is 5.56. The highest BCUT2D eigenvalue weighted by molar-refractivity contribution is 5.48. The first-order valence-corrected chi connectivity index (χ1v) is 7.37. The van der Waals surface area contributed by atoms with Crippen LogP contribution in [0.3, 0.4) is 0 Å². The summed E-state index contributed by atoms with van der Waals surface area (Å²) in [5.74, 6) is 0. The molecule has 0 amide bonds. The largest absolute Gasteiger partial charge is 0.376 e. The summed E-state index contributed by atoms with van der Waals surface area (Å²) < 4.78 is 6.10. The fourth-order valence-corrected chi connectivity index (χ4v) is 3.27. The van der Waals surface area contributed by atoms with Crippen LogP contribution in [-0.4, -0.2) is 25.3 Å². The molecule has 0 radical (unpaired) electrons. The molecular formula is C16H23NO. The lowest BCUT2D eigenvalue weighted by molar-refractivity contribution is 0.0496. The van der Waals surface area contributed by atoms with Crippen LogP contribution < -0.4 is 4.90 Å². The third-order valence-corrected chi connectivity index (χ3v) is 4.29. The minimum absolute atomic E-state index is 0.545. The van der Waals surface area contributed by atoms with E-state index in [1.54, 1.807) is 0 Å². The van der Waals surface area contributed by atoms with Crippen molar-refractivity contribution in [3.05, 3.63) is 30.3 Å². The molecule has 1 unspecified atom stereocenters. The van der Waals surface area contributed by atoms with E-state index in [0.717, 1.165) is 6.61 Å². The highest BCUT2D eigenvalue weighted by Gasteiger charge is 2.26. The number of nitrogens with zero attached hydrogens (tertiary/aromatic N) is 1. The first kappa shape index (κ1) is 12.0. The third-order valence-electron chi connectivity index (χ3n) is 4.29. The Morgan fingerprint density at radius 1 is 1.00 bits per heavy atom. The molecule has 1 heterocycles. The number of hydrogen-bond donors (Lipinski definition) is 0. The van der Waals surface area contributed by atoms with Gasteiger partial charge in [0.1, 0.15) is 0 Å². The maximum Gasteiger partial charge on any atom is 0.0673 e. The van der Waals surface area contributed by atoms with Crippen LogP contribution >= 0.6 is 0 Å². The fraction of sp³-hybridized carbons (Fsp3) is 0.625.